The smallest absolute Gasteiger partial charge is 0.192 e. The maximum Gasteiger partial charge on any atom is 0.192 e. The van der Waals surface area contributed by atoms with Gasteiger partial charge < -0.3 is 4.74 Å². The van der Waals surface area contributed by atoms with Crippen molar-refractivity contribution in [3.8, 4) is 0 Å². The Morgan fingerprint density at radius 2 is 2.17 bits per heavy atom. The number of ketones is 1. The topological polar surface area (TPSA) is 29.5 Å². The van der Waals surface area contributed by atoms with E-state index in [4.69, 9.17) is 4.74 Å². The van der Waals surface area contributed by atoms with Gasteiger partial charge in [-0.3, -0.25) is 9.69 Å². The summed E-state index contributed by atoms with van der Waals surface area (Å²) in [6, 6.07) is 2.02. The molecule has 0 aromatic carbocycles. The largest absolute Gasteiger partial charge is 0.379 e. The molecule has 1 atom stereocenters. The van der Waals surface area contributed by atoms with E-state index in [1.807, 2.05) is 18.4 Å². The number of hydrogen-bond acceptors (Lipinski definition) is 4. The third-order valence-electron chi connectivity index (χ3n) is 3.95. The number of Topliss-reactive ketones (excluding diaryl/α,β-unsaturated/α-hetero) is 1. The second-order valence-electron chi connectivity index (χ2n) is 4.99. The Labute approximate surface area is 113 Å². The van der Waals surface area contributed by atoms with Crippen molar-refractivity contribution in [1.82, 2.24) is 4.90 Å². The van der Waals surface area contributed by atoms with Crippen LogP contribution in [0.25, 0.3) is 0 Å². The number of ether oxygens (including phenoxy) is 1. The van der Waals surface area contributed by atoms with Crippen LogP contribution < -0.4 is 0 Å². The van der Waals surface area contributed by atoms with Gasteiger partial charge in [-0.25, -0.2) is 0 Å². The van der Waals surface area contributed by atoms with Gasteiger partial charge >= 0.3 is 0 Å². The quantitative estimate of drug-likeness (QED) is 0.786. The Bertz CT molecular complexity index is 423. The van der Waals surface area contributed by atoms with E-state index in [0.29, 0.717) is 0 Å². The molecule has 3 nitrogen and oxygen atoms in total. The van der Waals surface area contributed by atoms with Crippen molar-refractivity contribution in [2.45, 2.75) is 32.7 Å². The Morgan fingerprint density at radius 1 is 1.50 bits per heavy atom. The van der Waals surface area contributed by atoms with Crippen molar-refractivity contribution in [2.75, 3.05) is 26.3 Å². The molecule has 0 amide bonds. The minimum absolute atomic E-state index is 0.263. The molecular formula is C14H21NO2S. The van der Waals surface area contributed by atoms with Gasteiger partial charge in [0.25, 0.3) is 0 Å². The van der Waals surface area contributed by atoms with Gasteiger partial charge in [0, 0.05) is 13.1 Å². The summed E-state index contributed by atoms with van der Waals surface area (Å²) in [5.41, 5.74) is 0.706. The first kappa shape index (κ1) is 13.7. The second kappa shape index (κ2) is 5.51. The molecule has 0 saturated carbocycles. The summed E-state index contributed by atoms with van der Waals surface area (Å²) in [7, 11) is 0. The Balaban J connectivity index is 2.26. The van der Waals surface area contributed by atoms with Crippen LogP contribution in [0.3, 0.4) is 0 Å². The number of morpholine rings is 1. The summed E-state index contributed by atoms with van der Waals surface area (Å²) >= 11 is 1.56. The van der Waals surface area contributed by atoms with Crippen LogP contribution in [0.4, 0.5) is 0 Å². The summed E-state index contributed by atoms with van der Waals surface area (Å²) in [6.45, 7) is 9.33. The zero-order chi connectivity index (χ0) is 13.2. The highest BCUT2D eigenvalue weighted by atomic mass is 32.1. The van der Waals surface area contributed by atoms with Crippen molar-refractivity contribution in [3.05, 3.63) is 21.9 Å². The minimum atomic E-state index is -0.389. The van der Waals surface area contributed by atoms with E-state index in [1.54, 1.807) is 11.3 Å². The number of carbonyl (C=O) groups is 1. The van der Waals surface area contributed by atoms with E-state index in [0.717, 1.165) is 43.2 Å². The lowest BCUT2D eigenvalue weighted by atomic mass is 9.88. The van der Waals surface area contributed by atoms with E-state index in [2.05, 4.69) is 18.7 Å². The Hall–Kier alpha value is -0.710. The molecule has 2 heterocycles. The highest BCUT2D eigenvalue weighted by Gasteiger charge is 2.39. The van der Waals surface area contributed by atoms with E-state index < -0.39 is 0 Å². The zero-order valence-corrected chi connectivity index (χ0v) is 12.2. The average Bonchev–Trinajstić information content (AvgIpc) is 2.84. The van der Waals surface area contributed by atoms with E-state index >= 15 is 0 Å². The van der Waals surface area contributed by atoms with Crippen molar-refractivity contribution < 1.29 is 9.53 Å². The normalized spacial score (nSPS) is 20.6. The van der Waals surface area contributed by atoms with Gasteiger partial charge in [0.2, 0.25) is 0 Å². The number of thiophene rings is 1. The van der Waals surface area contributed by atoms with Crippen molar-refractivity contribution in [2.24, 2.45) is 0 Å². The average molecular weight is 267 g/mol. The summed E-state index contributed by atoms with van der Waals surface area (Å²) in [6.07, 6.45) is 0.836. The standard InChI is InChI=1S/C14H21NO2S/c1-4-14(3,15-6-8-17-9-7-15)13(16)12-11(2)5-10-18-12/h5,10H,4,6-9H2,1-3H3. The van der Waals surface area contributed by atoms with Gasteiger partial charge in [0.15, 0.2) is 5.78 Å². The Morgan fingerprint density at radius 3 is 2.67 bits per heavy atom. The maximum absolute atomic E-state index is 12.8. The van der Waals surface area contributed by atoms with Gasteiger partial charge in [-0.05, 0) is 37.3 Å². The molecule has 1 saturated heterocycles. The fourth-order valence-electron chi connectivity index (χ4n) is 2.43. The molecule has 0 spiro atoms. The number of hydrogen-bond donors (Lipinski definition) is 0. The minimum Gasteiger partial charge on any atom is -0.379 e. The lowest BCUT2D eigenvalue weighted by molar-refractivity contribution is -0.0105. The molecule has 4 heteroatoms. The first-order valence-electron chi connectivity index (χ1n) is 6.51. The number of carbonyl (C=O) groups excluding carboxylic acids is 1. The molecule has 1 aromatic heterocycles. The maximum atomic E-state index is 12.8. The van der Waals surface area contributed by atoms with Gasteiger partial charge in [-0.2, -0.15) is 0 Å². The van der Waals surface area contributed by atoms with Crippen LogP contribution in [-0.2, 0) is 4.74 Å². The van der Waals surface area contributed by atoms with Gasteiger partial charge in [-0.1, -0.05) is 6.92 Å². The van der Waals surface area contributed by atoms with Crippen LogP contribution in [0.1, 0.15) is 35.5 Å². The summed E-state index contributed by atoms with van der Waals surface area (Å²) in [5, 5.41) is 2.00. The SMILES string of the molecule is CCC(C)(C(=O)c1sccc1C)N1CCOCC1. The molecule has 1 aromatic rings. The lowest BCUT2D eigenvalue weighted by Crippen LogP contribution is -2.56. The molecule has 2 rings (SSSR count). The molecule has 1 aliphatic heterocycles. The molecule has 0 aliphatic carbocycles. The van der Waals surface area contributed by atoms with Crippen LogP contribution in [0, 0.1) is 6.92 Å². The highest BCUT2D eigenvalue weighted by molar-refractivity contribution is 7.12. The fraction of sp³-hybridized carbons (Fsp3) is 0.643. The van der Waals surface area contributed by atoms with Crippen molar-refractivity contribution in [1.29, 1.82) is 0 Å². The fourth-order valence-corrected chi connectivity index (χ4v) is 3.42. The third-order valence-corrected chi connectivity index (χ3v) is 4.97. The molecule has 1 unspecified atom stereocenters. The van der Waals surface area contributed by atoms with E-state index in [9.17, 15) is 4.79 Å². The lowest BCUT2D eigenvalue weighted by Gasteiger charge is -2.41. The van der Waals surface area contributed by atoms with Crippen LogP contribution >= 0.6 is 11.3 Å². The van der Waals surface area contributed by atoms with Crippen LogP contribution in [-0.4, -0.2) is 42.5 Å². The molecule has 1 fully saturated rings. The van der Waals surface area contributed by atoms with Gasteiger partial charge in [-0.15, -0.1) is 11.3 Å². The second-order valence-corrected chi connectivity index (χ2v) is 5.90. The number of nitrogens with zero attached hydrogens (tertiary/aromatic N) is 1. The molecule has 100 valence electrons. The summed E-state index contributed by atoms with van der Waals surface area (Å²) in [4.78, 5) is 16.0. The molecular weight excluding hydrogens is 246 g/mol. The summed E-state index contributed by atoms with van der Waals surface area (Å²) in [5.74, 6) is 0.263. The van der Waals surface area contributed by atoms with E-state index in [-0.39, 0.29) is 11.3 Å². The number of rotatable bonds is 4. The monoisotopic (exact) mass is 267 g/mol. The van der Waals surface area contributed by atoms with Gasteiger partial charge in [0.05, 0.1) is 23.6 Å². The first-order valence-corrected chi connectivity index (χ1v) is 7.39. The van der Waals surface area contributed by atoms with Crippen molar-refractivity contribution >= 4 is 17.1 Å². The van der Waals surface area contributed by atoms with Crippen LogP contribution in [0.15, 0.2) is 11.4 Å². The van der Waals surface area contributed by atoms with Crippen LogP contribution in [0.5, 0.6) is 0 Å². The molecule has 18 heavy (non-hydrogen) atoms. The highest BCUT2D eigenvalue weighted by Crippen LogP contribution is 2.29. The zero-order valence-electron chi connectivity index (χ0n) is 11.4. The predicted octanol–water partition coefficient (Wildman–Crippen LogP) is 2.74. The van der Waals surface area contributed by atoms with Crippen LogP contribution in [0.2, 0.25) is 0 Å². The molecule has 0 radical (unpaired) electrons. The van der Waals surface area contributed by atoms with Gasteiger partial charge in [0.1, 0.15) is 0 Å². The third kappa shape index (κ3) is 2.37. The molecule has 0 bridgehead atoms. The first-order chi connectivity index (χ1) is 8.59. The van der Waals surface area contributed by atoms with E-state index in [1.165, 1.54) is 0 Å². The molecule has 0 N–H and O–H groups in total. The summed E-state index contributed by atoms with van der Waals surface area (Å²) < 4.78 is 5.38. The number of aryl methyl sites for hydroxylation is 1. The molecule has 1 aliphatic rings. The predicted molar refractivity (Wildman–Crippen MR) is 74.5 cm³/mol. The Kier molecular flexibility index (Phi) is 4.20. The van der Waals surface area contributed by atoms with Crippen molar-refractivity contribution in [3.63, 3.8) is 0 Å².